The smallest absolute Gasteiger partial charge is 0.242 e. The van der Waals surface area contributed by atoms with Gasteiger partial charge in [0.05, 0.1) is 12.0 Å². The molecule has 1 N–H and O–H groups in total. The van der Waals surface area contributed by atoms with E-state index in [1.54, 1.807) is 32.7 Å². The Morgan fingerprint density at radius 1 is 1.02 bits per heavy atom. The predicted molar refractivity (Wildman–Crippen MR) is 161 cm³/mol. The first-order chi connectivity index (χ1) is 19.8. The second-order valence-corrected chi connectivity index (χ2v) is 13.1. The molecule has 4 aromatic rings. The van der Waals surface area contributed by atoms with Crippen molar-refractivity contribution in [2.75, 3.05) is 45.2 Å². The van der Waals surface area contributed by atoms with E-state index in [1.165, 1.54) is 9.87 Å². The van der Waals surface area contributed by atoms with Crippen LogP contribution in [0.5, 0.6) is 5.75 Å². The van der Waals surface area contributed by atoms with Crippen LogP contribution in [0.1, 0.15) is 29.7 Å². The van der Waals surface area contributed by atoms with Crippen LogP contribution in [-0.2, 0) is 23.0 Å². The normalized spacial score (nSPS) is 16.2. The summed E-state index contributed by atoms with van der Waals surface area (Å²) < 4.78 is 34.4. The number of nitrogens with zero attached hydrogens (tertiary/aromatic N) is 5. The van der Waals surface area contributed by atoms with Gasteiger partial charge in [0.15, 0.2) is 0 Å². The van der Waals surface area contributed by atoms with E-state index in [2.05, 4.69) is 26.3 Å². The van der Waals surface area contributed by atoms with E-state index in [4.69, 9.17) is 9.72 Å². The summed E-state index contributed by atoms with van der Waals surface area (Å²) in [4.78, 5) is 16.2. The Kier molecular flexibility index (Phi) is 7.63. The molecular weight excluding hydrogens is 536 g/mol. The molecule has 0 aliphatic carbocycles. The minimum atomic E-state index is -3.59. The summed E-state index contributed by atoms with van der Waals surface area (Å²) in [5.74, 6) is 1.87. The Hall–Kier alpha value is -3.60. The Bertz CT molecular complexity index is 1690. The van der Waals surface area contributed by atoms with Crippen LogP contribution in [0.25, 0.3) is 22.0 Å². The number of methoxy groups -OCH3 is 1. The van der Waals surface area contributed by atoms with Gasteiger partial charge in [-0.15, -0.1) is 0 Å². The van der Waals surface area contributed by atoms with Crippen molar-refractivity contribution in [3.05, 3.63) is 71.8 Å². The van der Waals surface area contributed by atoms with Crippen LogP contribution < -0.4 is 15.0 Å². The van der Waals surface area contributed by atoms with Gasteiger partial charge >= 0.3 is 0 Å². The van der Waals surface area contributed by atoms with Gasteiger partial charge in [-0.3, -0.25) is 4.98 Å². The van der Waals surface area contributed by atoms with Crippen molar-refractivity contribution in [2.24, 2.45) is 5.92 Å². The lowest BCUT2D eigenvalue weighted by Crippen LogP contribution is -2.37. The molecule has 1 fully saturated rings. The zero-order valence-corrected chi connectivity index (χ0v) is 24.6. The van der Waals surface area contributed by atoms with Gasteiger partial charge in [0.2, 0.25) is 10.0 Å². The number of sulfonamides is 1. The summed E-state index contributed by atoms with van der Waals surface area (Å²) in [6.45, 7) is 5.73. The highest BCUT2D eigenvalue weighted by Crippen LogP contribution is 2.37. The van der Waals surface area contributed by atoms with Crippen LogP contribution in [0.3, 0.4) is 0 Å². The Labute approximate surface area is 241 Å². The largest absolute Gasteiger partial charge is 0.494 e. The molecule has 2 aliphatic rings. The second kappa shape index (κ2) is 11.3. The number of aryl methyl sites for hydroxylation is 1. The van der Waals surface area contributed by atoms with Crippen molar-refractivity contribution < 1.29 is 13.2 Å². The fraction of sp³-hybridized carbons (Fsp3) is 0.387. The lowest BCUT2D eigenvalue weighted by Gasteiger charge is -2.31. The van der Waals surface area contributed by atoms with Crippen molar-refractivity contribution in [3.63, 3.8) is 0 Å². The average molecular weight is 573 g/mol. The molecule has 4 heterocycles. The van der Waals surface area contributed by atoms with Crippen molar-refractivity contribution in [2.45, 2.75) is 37.6 Å². The minimum Gasteiger partial charge on any atom is -0.494 e. The first kappa shape index (κ1) is 27.6. The maximum Gasteiger partial charge on any atom is 0.242 e. The van der Waals surface area contributed by atoms with E-state index >= 15 is 0 Å². The first-order valence-electron chi connectivity index (χ1n) is 14.1. The van der Waals surface area contributed by atoms with Gasteiger partial charge in [0, 0.05) is 44.0 Å². The maximum absolute atomic E-state index is 13.5. The van der Waals surface area contributed by atoms with E-state index in [-0.39, 0.29) is 0 Å². The van der Waals surface area contributed by atoms with E-state index in [1.807, 2.05) is 37.3 Å². The van der Waals surface area contributed by atoms with E-state index in [0.29, 0.717) is 29.7 Å². The van der Waals surface area contributed by atoms with E-state index in [9.17, 15) is 8.42 Å². The number of ether oxygens (including phenoxy) is 1. The molecule has 41 heavy (non-hydrogen) atoms. The molecule has 0 radical (unpaired) electrons. The molecule has 2 aromatic carbocycles. The third-order valence-corrected chi connectivity index (χ3v) is 10.1. The number of pyridine rings is 1. The van der Waals surface area contributed by atoms with Crippen LogP contribution >= 0.6 is 0 Å². The molecule has 0 spiro atoms. The zero-order chi connectivity index (χ0) is 28.6. The molecule has 6 rings (SSSR count). The summed E-state index contributed by atoms with van der Waals surface area (Å²) in [7, 11) is -0.238. The van der Waals surface area contributed by atoms with Gasteiger partial charge in [-0.1, -0.05) is 6.07 Å². The van der Waals surface area contributed by atoms with Crippen LogP contribution in [0.15, 0.2) is 59.9 Å². The third kappa shape index (κ3) is 5.51. The molecule has 1 saturated heterocycles. The zero-order valence-electron chi connectivity index (χ0n) is 23.8. The molecular formula is C31H36N6O3S. The van der Waals surface area contributed by atoms with Crippen molar-refractivity contribution >= 4 is 26.7 Å². The molecule has 0 saturated carbocycles. The van der Waals surface area contributed by atoms with Crippen LogP contribution in [-0.4, -0.2) is 68.0 Å². The number of fused-ring (bicyclic) bond motifs is 2. The molecule has 2 aliphatic heterocycles. The van der Waals surface area contributed by atoms with Gasteiger partial charge in [0.25, 0.3) is 0 Å². The van der Waals surface area contributed by atoms with Crippen LogP contribution in [0, 0.1) is 12.8 Å². The molecule has 214 valence electrons. The topological polar surface area (TPSA) is 101 Å². The predicted octanol–water partition coefficient (Wildman–Crippen LogP) is 4.19. The van der Waals surface area contributed by atoms with Crippen LogP contribution in [0.2, 0.25) is 0 Å². The van der Waals surface area contributed by atoms with Gasteiger partial charge in [0.1, 0.15) is 23.4 Å². The average Bonchev–Trinajstić information content (AvgIpc) is 3.00. The summed E-state index contributed by atoms with van der Waals surface area (Å²) >= 11 is 0. The lowest BCUT2D eigenvalue weighted by molar-refractivity contribution is 0.311. The van der Waals surface area contributed by atoms with E-state index in [0.717, 1.165) is 78.0 Å². The summed E-state index contributed by atoms with van der Waals surface area (Å²) in [5.41, 5.74) is 5.90. The molecule has 2 aromatic heterocycles. The van der Waals surface area contributed by atoms with Gasteiger partial charge in [-0.05, 0) is 104 Å². The highest BCUT2D eigenvalue weighted by atomic mass is 32.2. The summed E-state index contributed by atoms with van der Waals surface area (Å²) in [6.07, 6.45) is 6.17. The fourth-order valence-electron chi connectivity index (χ4n) is 6.00. The Balaban J connectivity index is 1.32. The summed E-state index contributed by atoms with van der Waals surface area (Å²) in [6, 6.07) is 13.7. The van der Waals surface area contributed by atoms with Gasteiger partial charge < -0.3 is 15.0 Å². The standard InChI is InChI=1S/C31H36N6O3S/c1-21-14-24(8-12-33-21)25-16-28-30(29(17-25)40-3)34-20-35-31(28)37-13-9-23-4-5-27(15-26(23)19-37)41(38,39)36(2)18-22-6-10-32-11-7-22/h4-5,8,12,14-17,20,22,32H,6-7,9-11,13,18-19H2,1-3H3. The Morgan fingerprint density at radius 2 is 1.85 bits per heavy atom. The van der Waals surface area contributed by atoms with E-state index < -0.39 is 10.0 Å². The number of aromatic nitrogens is 3. The fourth-order valence-corrected chi connectivity index (χ4v) is 7.30. The highest BCUT2D eigenvalue weighted by Gasteiger charge is 2.27. The highest BCUT2D eigenvalue weighted by molar-refractivity contribution is 7.89. The molecule has 0 atom stereocenters. The number of nitrogens with one attached hydrogen (secondary N) is 1. The molecule has 0 amide bonds. The number of hydrogen-bond donors (Lipinski definition) is 1. The number of rotatable bonds is 7. The van der Waals surface area contributed by atoms with Crippen molar-refractivity contribution in [1.82, 2.24) is 24.6 Å². The van der Waals surface area contributed by atoms with Crippen molar-refractivity contribution in [1.29, 1.82) is 0 Å². The number of benzene rings is 2. The first-order valence-corrected chi connectivity index (χ1v) is 15.6. The minimum absolute atomic E-state index is 0.346. The number of anilines is 1. The quantitative estimate of drug-likeness (QED) is 0.352. The monoisotopic (exact) mass is 572 g/mol. The van der Waals surface area contributed by atoms with Gasteiger partial charge in [-0.25, -0.2) is 22.7 Å². The van der Waals surface area contributed by atoms with Gasteiger partial charge in [-0.2, -0.15) is 0 Å². The number of piperidine rings is 1. The molecule has 0 bridgehead atoms. The van der Waals surface area contributed by atoms with Crippen LogP contribution in [0.4, 0.5) is 5.82 Å². The molecule has 9 nitrogen and oxygen atoms in total. The number of hydrogen-bond acceptors (Lipinski definition) is 8. The lowest BCUT2D eigenvalue weighted by atomic mass is 9.98. The third-order valence-electron chi connectivity index (χ3n) is 8.30. The summed E-state index contributed by atoms with van der Waals surface area (Å²) in [5, 5.41) is 4.24. The molecule has 0 unspecified atom stereocenters. The Morgan fingerprint density at radius 3 is 2.63 bits per heavy atom. The van der Waals surface area contributed by atoms with Crippen molar-refractivity contribution in [3.8, 4) is 16.9 Å². The maximum atomic E-state index is 13.5. The second-order valence-electron chi connectivity index (χ2n) is 11.0. The molecule has 10 heteroatoms. The SMILES string of the molecule is COc1cc(-c2ccnc(C)c2)cc2c(N3CCc4ccc(S(=O)(=O)N(C)CC5CCNCC5)cc4C3)ncnc12.